The highest BCUT2D eigenvalue weighted by Crippen LogP contribution is 2.18. The van der Waals surface area contributed by atoms with Gasteiger partial charge in [-0.15, -0.1) is 0 Å². The van der Waals surface area contributed by atoms with Crippen LogP contribution in [0.25, 0.3) is 0 Å². The Bertz CT molecular complexity index is 596. The zero-order valence-electron chi connectivity index (χ0n) is 27.9. The summed E-state index contributed by atoms with van der Waals surface area (Å²) in [7, 11) is -4.06. The fourth-order valence-corrected chi connectivity index (χ4v) is 6.67. The first-order valence-corrected chi connectivity index (χ1v) is 20.0. The molecule has 0 heterocycles. The summed E-state index contributed by atoms with van der Waals surface area (Å²) in [5, 5.41) is 0. The fourth-order valence-electron chi connectivity index (χ4n) is 5.72. The SMILES string of the molecule is CCCCCCCCCCCCCCCCCCCCCCCCOS(=O)(=O)C(F)CCCCCCCCCCC. The van der Waals surface area contributed by atoms with Crippen LogP contribution in [0.3, 0.4) is 0 Å². The predicted molar refractivity (Wildman–Crippen MR) is 179 cm³/mol. The summed E-state index contributed by atoms with van der Waals surface area (Å²) in [6.45, 7) is 4.63. The molecule has 0 rings (SSSR count). The summed E-state index contributed by atoms with van der Waals surface area (Å²) in [5.74, 6) is 0. The van der Waals surface area contributed by atoms with E-state index in [4.69, 9.17) is 4.18 Å². The van der Waals surface area contributed by atoms with Gasteiger partial charge in [-0.25, -0.2) is 4.39 Å². The molecule has 0 aliphatic heterocycles. The normalized spacial score (nSPS) is 12.8. The lowest BCUT2D eigenvalue weighted by molar-refractivity contribution is 0.270. The highest BCUT2D eigenvalue weighted by molar-refractivity contribution is 7.87. The minimum atomic E-state index is -4.06. The molecule has 0 spiro atoms. The molecule has 0 N–H and O–H groups in total. The smallest absolute Gasteiger partial charge is 0.268 e. The van der Waals surface area contributed by atoms with E-state index in [2.05, 4.69) is 13.8 Å². The highest BCUT2D eigenvalue weighted by Gasteiger charge is 2.25. The van der Waals surface area contributed by atoms with Gasteiger partial charge in [-0.05, 0) is 19.3 Å². The van der Waals surface area contributed by atoms with Gasteiger partial charge in [0.2, 0.25) is 5.50 Å². The number of hydrogen-bond acceptors (Lipinski definition) is 3. The van der Waals surface area contributed by atoms with E-state index in [1.165, 1.54) is 161 Å². The second kappa shape index (κ2) is 32.7. The van der Waals surface area contributed by atoms with Crippen LogP contribution in [-0.2, 0) is 14.3 Å². The average molecular weight is 605 g/mol. The molecule has 5 heteroatoms. The van der Waals surface area contributed by atoms with Crippen molar-refractivity contribution in [2.75, 3.05) is 6.61 Å². The van der Waals surface area contributed by atoms with Gasteiger partial charge in [0.1, 0.15) is 0 Å². The fraction of sp³-hybridized carbons (Fsp3) is 1.00. The standard InChI is InChI=1S/C36H73FO3S/c1-3-5-7-9-11-13-14-15-16-17-18-19-20-21-22-23-24-25-27-29-31-33-35-40-41(38,39)36(37)34-32-30-28-26-12-10-8-6-4-2/h36H,3-35H2,1-2H3. The molecule has 1 unspecified atom stereocenters. The highest BCUT2D eigenvalue weighted by atomic mass is 32.2. The van der Waals surface area contributed by atoms with Gasteiger partial charge < -0.3 is 0 Å². The van der Waals surface area contributed by atoms with Gasteiger partial charge in [0.05, 0.1) is 6.61 Å². The molecular formula is C36H73FO3S. The largest absolute Gasteiger partial charge is 0.299 e. The minimum Gasteiger partial charge on any atom is -0.268 e. The maximum atomic E-state index is 14.2. The Hall–Kier alpha value is -0.160. The second-order valence-electron chi connectivity index (χ2n) is 12.8. The molecule has 0 bridgehead atoms. The van der Waals surface area contributed by atoms with Gasteiger partial charge >= 0.3 is 0 Å². The van der Waals surface area contributed by atoms with Crippen molar-refractivity contribution in [3.63, 3.8) is 0 Å². The molecular weight excluding hydrogens is 531 g/mol. The number of unbranched alkanes of at least 4 members (excludes halogenated alkanes) is 29. The topological polar surface area (TPSA) is 43.4 Å². The summed E-state index contributed by atoms with van der Waals surface area (Å²) in [6.07, 6.45) is 39.4. The lowest BCUT2D eigenvalue weighted by Gasteiger charge is -2.10. The zero-order valence-corrected chi connectivity index (χ0v) is 28.7. The zero-order chi connectivity index (χ0) is 30.1. The van der Waals surface area contributed by atoms with Crippen LogP contribution in [0.4, 0.5) is 4.39 Å². The Labute approximate surface area is 258 Å². The van der Waals surface area contributed by atoms with Gasteiger partial charge in [-0.2, -0.15) is 8.42 Å². The van der Waals surface area contributed by atoms with Crippen molar-refractivity contribution in [3.05, 3.63) is 0 Å². The quantitative estimate of drug-likeness (QED) is 0.0534. The van der Waals surface area contributed by atoms with Crippen LogP contribution in [0.5, 0.6) is 0 Å². The van der Waals surface area contributed by atoms with Crippen LogP contribution in [0.15, 0.2) is 0 Å². The summed E-state index contributed by atoms with van der Waals surface area (Å²) in [5.41, 5.74) is -1.87. The predicted octanol–water partition coefficient (Wildman–Crippen LogP) is 13.2. The summed E-state index contributed by atoms with van der Waals surface area (Å²) in [6, 6.07) is 0. The van der Waals surface area contributed by atoms with Gasteiger partial charge in [-0.3, -0.25) is 4.18 Å². The maximum absolute atomic E-state index is 14.2. The molecule has 0 aliphatic carbocycles. The minimum absolute atomic E-state index is 0.0670. The van der Waals surface area contributed by atoms with E-state index in [1.807, 2.05) is 0 Å². The molecule has 0 radical (unpaired) electrons. The molecule has 0 saturated carbocycles. The number of rotatable bonds is 35. The van der Waals surface area contributed by atoms with Crippen LogP contribution in [0.1, 0.15) is 219 Å². The van der Waals surface area contributed by atoms with Gasteiger partial charge in [0, 0.05) is 0 Å². The maximum Gasteiger partial charge on any atom is 0.299 e. The Morgan fingerprint density at radius 3 is 0.951 bits per heavy atom. The second-order valence-corrected chi connectivity index (χ2v) is 14.5. The third-order valence-electron chi connectivity index (χ3n) is 8.59. The Kier molecular flexibility index (Phi) is 32.6. The molecule has 0 aromatic heterocycles. The molecule has 0 aromatic carbocycles. The van der Waals surface area contributed by atoms with Crippen molar-refractivity contribution in [2.24, 2.45) is 0 Å². The number of hydrogen-bond donors (Lipinski definition) is 0. The van der Waals surface area contributed by atoms with Crippen molar-refractivity contribution < 1.29 is 17.0 Å². The van der Waals surface area contributed by atoms with Gasteiger partial charge in [-0.1, -0.05) is 200 Å². The Morgan fingerprint density at radius 1 is 0.415 bits per heavy atom. The molecule has 0 aliphatic rings. The number of alkyl halides is 1. The molecule has 0 aromatic rings. The van der Waals surface area contributed by atoms with Gasteiger partial charge in [0.15, 0.2) is 0 Å². The monoisotopic (exact) mass is 605 g/mol. The van der Waals surface area contributed by atoms with E-state index < -0.39 is 15.6 Å². The van der Waals surface area contributed by atoms with Crippen molar-refractivity contribution in [1.29, 1.82) is 0 Å². The first kappa shape index (κ1) is 40.8. The molecule has 41 heavy (non-hydrogen) atoms. The summed E-state index contributed by atoms with van der Waals surface area (Å²) >= 11 is 0. The van der Waals surface area contributed by atoms with Crippen molar-refractivity contribution in [2.45, 2.75) is 225 Å². The Morgan fingerprint density at radius 2 is 0.659 bits per heavy atom. The molecule has 0 saturated heterocycles. The van der Waals surface area contributed by atoms with E-state index >= 15 is 0 Å². The van der Waals surface area contributed by atoms with Crippen LogP contribution in [0.2, 0.25) is 0 Å². The third-order valence-corrected chi connectivity index (χ3v) is 9.95. The van der Waals surface area contributed by atoms with Crippen molar-refractivity contribution in [3.8, 4) is 0 Å². The average Bonchev–Trinajstić information content (AvgIpc) is 2.96. The molecule has 0 amide bonds. The first-order chi connectivity index (χ1) is 20.0. The van der Waals surface area contributed by atoms with Crippen LogP contribution in [0, 0.1) is 0 Å². The Balaban J connectivity index is 3.33. The van der Waals surface area contributed by atoms with Crippen molar-refractivity contribution in [1.82, 2.24) is 0 Å². The third kappa shape index (κ3) is 31.1. The lowest BCUT2D eigenvalue weighted by atomic mass is 10.0. The molecule has 0 fully saturated rings. The van der Waals surface area contributed by atoms with Crippen LogP contribution >= 0.6 is 0 Å². The number of halogens is 1. The van der Waals surface area contributed by atoms with Crippen LogP contribution < -0.4 is 0 Å². The molecule has 1 atom stereocenters. The van der Waals surface area contributed by atoms with E-state index in [1.54, 1.807) is 0 Å². The first-order valence-electron chi connectivity index (χ1n) is 18.6. The lowest BCUT2D eigenvalue weighted by Crippen LogP contribution is -2.19. The van der Waals surface area contributed by atoms with E-state index in [9.17, 15) is 12.8 Å². The van der Waals surface area contributed by atoms with Gasteiger partial charge in [0.25, 0.3) is 10.1 Å². The molecule has 248 valence electrons. The van der Waals surface area contributed by atoms with E-state index in [0.717, 1.165) is 25.7 Å². The van der Waals surface area contributed by atoms with E-state index in [0.29, 0.717) is 12.8 Å². The molecule has 3 nitrogen and oxygen atoms in total. The summed E-state index contributed by atoms with van der Waals surface area (Å²) < 4.78 is 43.2. The van der Waals surface area contributed by atoms with Crippen molar-refractivity contribution >= 4 is 10.1 Å². The van der Waals surface area contributed by atoms with Crippen LogP contribution in [-0.4, -0.2) is 20.5 Å². The van der Waals surface area contributed by atoms with E-state index in [-0.39, 0.29) is 13.0 Å². The summed E-state index contributed by atoms with van der Waals surface area (Å²) in [4.78, 5) is 0.